The lowest BCUT2D eigenvalue weighted by molar-refractivity contribution is -0.127. The van der Waals surface area contributed by atoms with Gasteiger partial charge in [0, 0.05) is 49.6 Å². The number of benzene rings is 2. The number of ether oxygens (including phenoxy) is 1. The van der Waals surface area contributed by atoms with Crippen LogP contribution in [0.2, 0.25) is 0 Å². The van der Waals surface area contributed by atoms with E-state index in [2.05, 4.69) is 9.55 Å². The molecular weight excluding hydrogens is 475 g/mol. The number of carbonyl (C=O) groups is 2. The minimum atomic E-state index is -0.386. The molecule has 8 nitrogen and oxygen atoms in total. The molecule has 0 unspecified atom stereocenters. The lowest BCUT2D eigenvalue weighted by atomic mass is 10.1. The van der Waals surface area contributed by atoms with Crippen LogP contribution < -0.4 is 0 Å². The molecule has 1 saturated heterocycles. The zero-order chi connectivity index (χ0) is 25.1. The van der Waals surface area contributed by atoms with Gasteiger partial charge in [-0.2, -0.15) is 0 Å². The Balaban J connectivity index is 0.00000320. The molecule has 0 spiro atoms. The minimum Gasteiger partial charge on any atom is -0.462 e. The van der Waals surface area contributed by atoms with Crippen molar-refractivity contribution in [2.45, 2.75) is 32.7 Å². The number of aromatic nitrogens is 3. The number of nitrogens with zero attached hydrogens (tertiary/aromatic N) is 4. The third-order valence-corrected chi connectivity index (χ3v) is 6.41. The van der Waals surface area contributed by atoms with Crippen molar-refractivity contribution >= 4 is 22.9 Å². The zero-order valence-corrected chi connectivity index (χ0v) is 20.6. The largest absolute Gasteiger partial charge is 0.462 e. The topological polar surface area (TPSA) is 109 Å². The maximum Gasteiger partial charge on any atom is 0.338 e. The van der Waals surface area contributed by atoms with Crippen LogP contribution in [0.5, 0.6) is 0 Å². The van der Waals surface area contributed by atoms with Crippen LogP contribution >= 0.6 is 0 Å². The summed E-state index contributed by atoms with van der Waals surface area (Å²) in [5.74, 6) is 0.248. The van der Waals surface area contributed by atoms with Crippen LogP contribution in [0.4, 0.5) is 4.39 Å². The molecule has 4 aromatic rings. The van der Waals surface area contributed by atoms with Crippen molar-refractivity contribution in [3.63, 3.8) is 0 Å². The second-order valence-electron chi connectivity index (χ2n) is 8.82. The van der Waals surface area contributed by atoms with E-state index in [1.165, 1.54) is 12.1 Å². The van der Waals surface area contributed by atoms with E-state index in [1.54, 1.807) is 43.6 Å². The number of hydrogen-bond acceptors (Lipinski definition) is 5. The number of rotatable bonds is 8. The number of likely N-dealkylation sites (tertiary alicyclic amines) is 1. The molecule has 37 heavy (non-hydrogen) atoms. The van der Waals surface area contributed by atoms with Gasteiger partial charge in [-0.25, -0.2) is 14.2 Å². The number of aryl methyl sites for hydroxylation is 1. The number of pyridine rings is 1. The predicted octanol–water partition coefficient (Wildman–Crippen LogP) is 4.27. The van der Waals surface area contributed by atoms with Gasteiger partial charge in [0.05, 0.1) is 23.2 Å². The molecule has 0 aliphatic carbocycles. The summed E-state index contributed by atoms with van der Waals surface area (Å²) in [5.41, 5.74) is 4.52. The number of esters is 1. The fourth-order valence-electron chi connectivity index (χ4n) is 4.64. The predicted molar refractivity (Wildman–Crippen MR) is 138 cm³/mol. The lowest BCUT2D eigenvalue weighted by Gasteiger charge is -2.16. The van der Waals surface area contributed by atoms with Crippen LogP contribution in [0, 0.1) is 5.82 Å². The lowest BCUT2D eigenvalue weighted by Crippen LogP contribution is -2.26. The van der Waals surface area contributed by atoms with Crippen molar-refractivity contribution < 1.29 is 24.2 Å². The number of amides is 1. The molecular formula is C28H29FN4O4. The number of hydrogen-bond donors (Lipinski definition) is 0. The van der Waals surface area contributed by atoms with E-state index in [0.717, 1.165) is 47.4 Å². The van der Waals surface area contributed by atoms with Gasteiger partial charge >= 0.3 is 5.97 Å². The highest BCUT2D eigenvalue weighted by Crippen LogP contribution is 2.29. The molecule has 1 aliphatic heterocycles. The second kappa shape index (κ2) is 11.3. The first-order valence-electron chi connectivity index (χ1n) is 12.2. The summed E-state index contributed by atoms with van der Waals surface area (Å²) < 4.78 is 20.7. The smallest absolute Gasteiger partial charge is 0.338 e. The molecule has 3 heterocycles. The highest BCUT2D eigenvalue weighted by atomic mass is 19.1. The van der Waals surface area contributed by atoms with Crippen molar-refractivity contribution in [2.24, 2.45) is 0 Å². The average Bonchev–Trinajstić information content (AvgIpc) is 3.47. The van der Waals surface area contributed by atoms with Crippen LogP contribution in [0.15, 0.2) is 60.9 Å². The van der Waals surface area contributed by atoms with Crippen LogP contribution in [0.3, 0.4) is 0 Å². The fraction of sp³-hybridized carbons (Fsp3) is 0.286. The van der Waals surface area contributed by atoms with Gasteiger partial charge < -0.3 is 19.7 Å². The molecule has 0 saturated carbocycles. The Morgan fingerprint density at radius 2 is 1.81 bits per heavy atom. The van der Waals surface area contributed by atoms with Gasteiger partial charge in [-0.1, -0.05) is 12.1 Å². The first-order valence-corrected chi connectivity index (χ1v) is 12.2. The van der Waals surface area contributed by atoms with E-state index >= 15 is 0 Å². The normalized spacial score (nSPS) is 13.1. The summed E-state index contributed by atoms with van der Waals surface area (Å²) in [4.78, 5) is 35.5. The van der Waals surface area contributed by atoms with Crippen LogP contribution in [-0.2, 0) is 16.1 Å². The van der Waals surface area contributed by atoms with Gasteiger partial charge in [0.1, 0.15) is 11.6 Å². The third-order valence-electron chi connectivity index (χ3n) is 6.41. The molecule has 2 aromatic carbocycles. The maximum atomic E-state index is 13.4. The van der Waals surface area contributed by atoms with Crippen molar-refractivity contribution in [3.8, 4) is 22.5 Å². The van der Waals surface area contributed by atoms with E-state index in [0.29, 0.717) is 37.2 Å². The highest BCUT2D eigenvalue weighted by molar-refractivity contribution is 5.94. The first-order chi connectivity index (χ1) is 17.5. The summed E-state index contributed by atoms with van der Waals surface area (Å²) in [6.07, 6.45) is 5.80. The quantitative estimate of drug-likeness (QED) is 0.333. The van der Waals surface area contributed by atoms with Gasteiger partial charge in [0.25, 0.3) is 0 Å². The van der Waals surface area contributed by atoms with Crippen molar-refractivity contribution in [3.05, 3.63) is 72.3 Å². The number of imidazole rings is 1. The summed E-state index contributed by atoms with van der Waals surface area (Å²) in [7, 11) is 0. The number of carbonyl (C=O) groups excluding carboxylic acids is 2. The number of halogens is 1. The van der Waals surface area contributed by atoms with Gasteiger partial charge in [0.2, 0.25) is 5.91 Å². The Labute approximate surface area is 214 Å². The summed E-state index contributed by atoms with van der Waals surface area (Å²) in [6.45, 7) is 4.22. The molecule has 2 aromatic heterocycles. The van der Waals surface area contributed by atoms with Crippen molar-refractivity contribution in [1.29, 1.82) is 0 Å². The Morgan fingerprint density at radius 1 is 1.03 bits per heavy atom. The monoisotopic (exact) mass is 504 g/mol. The average molecular weight is 505 g/mol. The molecule has 9 heteroatoms. The Morgan fingerprint density at radius 3 is 2.54 bits per heavy atom. The van der Waals surface area contributed by atoms with Crippen LogP contribution in [0.25, 0.3) is 33.5 Å². The molecule has 0 atom stereocenters. The SMILES string of the molecule is CCOC(=O)c1ccc2c(c1)nc(-c1cncc(-c3ccc(F)cc3)c1)n2CCCN1CCCC1=O.O. The highest BCUT2D eigenvalue weighted by Gasteiger charge is 2.20. The molecule has 0 bridgehead atoms. The van der Waals surface area contributed by atoms with E-state index in [1.807, 2.05) is 17.0 Å². The van der Waals surface area contributed by atoms with Gasteiger partial charge in [0.15, 0.2) is 0 Å². The van der Waals surface area contributed by atoms with E-state index in [9.17, 15) is 14.0 Å². The standard InChI is InChI=1S/C28H27FN4O3.H2O/c1-2-36-28(35)20-8-11-25-24(16-20)31-27(33(25)14-4-13-32-12-3-5-26(32)34)22-15-21(17-30-18-22)19-6-9-23(29)10-7-19;/h6-11,15-18H,2-5,12-14H2,1H3;1H2. The Bertz CT molecular complexity index is 1420. The van der Waals surface area contributed by atoms with E-state index in [-0.39, 0.29) is 23.2 Å². The number of fused-ring (bicyclic) bond motifs is 1. The molecule has 1 aliphatic rings. The van der Waals surface area contributed by atoms with E-state index in [4.69, 9.17) is 9.72 Å². The molecule has 1 amide bonds. The maximum absolute atomic E-state index is 13.4. The second-order valence-corrected chi connectivity index (χ2v) is 8.82. The van der Waals surface area contributed by atoms with Gasteiger partial charge in [-0.05, 0) is 61.7 Å². The molecule has 0 radical (unpaired) electrons. The molecule has 2 N–H and O–H groups in total. The third kappa shape index (κ3) is 5.51. The minimum absolute atomic E-state index is 0. The van der Waals surface area contributed by atoms with Crippen LogP contribution in [-0.4, -0.2) is 56.5 Å². The first kappa shape index (κ1) is 26.0. The summed E-state index contributed by atoms with van der Waals surface area (Å²) in [5, 5.41) is 0. The van der Waals surface area contributed by atoms with Crippen molar-refractivity contribution in [2.75, 3.05) is 19.7 Å². The fourth-order valence-corrected chi connectivity index (χ4v) is 4.64. The Kier molecular flexibility index (Phi) is 7.93. The summed E-state index contributed by atoms with van der Waals surface area (Å²) >= 11 is 0. The zero-order valence-electron chi connectivity index (χ0n) is 20.6. The van der Waals surface area contributed by atoms with Crippen LogP contribution in [0.1, 0.15) is 36.5 Å². The molecule has 192 valence electrons. The van der Waals surface area contributed by atoms with Gasteiger partial charge in [-0.3, -0.25) is 9.78 Å². The Hall–Kier alpha value is -4.11. The molecule has 5 rings (SSSR count). The summed E-state index contributed by atoms with van der Waals surface area (Å²) in [6, 6.07) is 13.6. The van der Waals surface area contributed by atoms with Crippen molar-refractivity contribution in [1.82, 2.24) is 19.4 Å². The van der Waals surface area contributed by atoms with E-state index < -0.39 is 0 Å². The molecule has 1 fully saturated rings. The van der Waals surface area contributed by atoms with Gasteiger partial charge in [-0.15, -0.1) is 0 Å².